The van der Waals surface area contributed by atoms with Crippen molar-refractivity contribution in [3.63, 3.8) is 0 Å². The minimum absolute atomic E-state index is 0.0420. The number of ether oxygens (including phenoxy) is 1. The number of carbonyl (C=O) groups excluding carboxylic acids is 2. The molecule has 0 spiro atoms. The first kappa shape index (κ1) is 24.2. The Hall–Kier alpha value is -2.41. The molecule has 2 aromatic rings. The number of benzene rings is 2. The normalized spacial score (nSPS) is 15.2. The van der Waals surface area contributed by atoms with Crippen LogP contribution in [0.1, 0.15) is 36.9 Å². The average Bonchev–Trinajstić information content (AvgIpc) is 2.81. The van der Waals surface area contributed by atoms with Crippen LogP contribution in [0.2, 0.25) is 5.02 Å². The number of carbonyl (C=O) groups is 2. The lowest BCUT2D eigenvalue weighted by atomic mass is 10.0. The molecule has 0 aromatic heterocycles. The first-order valence-corrected chi connectivity index (χ1v) is 11.6. The predicted octanol–water partition coefficient (Wildman–Crippen LogP) is 3.66. The average molecular weight is 458 g/mol. The van der Waals surface area contributed by atoms with E-state index in [0.29, 0.717) is 24.5 Å². The monoisotopic (exact) mass is 457 g/mol. The maximum absolute atomic E-state index is 13.4. The zero-order chi connectivity index (χ0) is 22.8. The molecule has 1 fully saturated rings. The van der Waals surface area contributed by atoms with Gasteiger partial charge in [-0.2, -0.15) is 0 Å². The minimum atomic E-state index is -0.699. The number of nitrogens with zero attached hydrogens (tertiary/aromatic N) is 2. The van der Waals surface area contributed by atoms with E-state index in [0.717, 1.165) is 50.4 Å². The fourth-order valence-corrected chi connectivity index (χ4v) is 3.96. The van der Waals surface area contributed by atoms with Gasteiger partial charge in [-0.25, -0.2) is 0 Å². The summed E-state index contributed by atoms with van der Waals surface area (Å²) in [6.07, 6.45) is 1.11. The summed E-state index contributed by atoms with van der Waals surface area (Å²) in [4.78, 5) is 30.5. The van der Waals surface area contributed by atoms with Gasteiger partial charge in [0.1, 0.15) is 6.04 Å². The van der Waals surface area contributed by atoms with Crippen LogP contribution < -0.4 is 5.32 Å². The van der Waals surface area contributed by atoms with Crippen molar-refractivity contribution in [2.24, 2.45) is 0 Å². The van der Waals surface area contributed by atoms with Gasteiger partial charge in [0.15, 0.2) is 0 Å². The van der Waals surface area contributed by atoms with Gasteiger partial charge in [-0.15, -0.1) is 0 Å². The van der Waals surface area contributed by atoms with Crippen LogP contribution in [0.5, 0.6) is 0 Å². The summed E-state index contributed by atoms with van der Waals surface area (Å²) < 4.78 is 5.39. The number of halogens is 1. The Labute approximate surface area is 195 Å². The Balaban J connectivity index is 1.79. The molecule has 2 aromatic carbocycles. The van der Waals surface area contributed by atoms with Crippen molar-refractivity contribution in [1.82, 2.24) is 15.1 Å². The molecule has 0 aliphatic carbocycles. The minimum Gasteiger partial charge on any atom is -0.379 e. The van der Waals surface area contributed by atoms with E-state index in [1.807, 2.05) is 49.4 Å². The van der Waals surface area contributed by atoms with E-state index >= 15 is 0 Å². The highest BCUT2D eigenvalue weighted by atomic mass is 35.5. The topological polar surface area (TPSA) is 61.9 Å². The molecule has 6 nitrogen and oxygen atoms in total. The molecule has 0 radical (unpaired) electrons. The molecule has 0 unspecified atom stereocenters. The number of amides is 2. The van der Waals surface area contributed by atoms with E-state index in [-0.39, 0.29) is 11.8 Å². The van der Waals surface area contributed by atoms with E-state index < -0.39 is 6.04 Å². The van der Waals surface area contributed by atoms with Crippen LogP contribution in [0.3, 0.4) is 0 Å². The molecule has 1 heterocycles. The molecule has 1 N–H and O–H groups in total. The SMILES string of the molecule is CCCC(=O)N(Cc1ccc(Cl)cc1)[C@@H](C(=O)NCCN1CCOCC1)c1ccccc1. The number of rotatable bonds is 10. The number of hydrogen-bond donors (Lipinski definition) is 1. The molecule has 0 saturated carbocycles. The van der Waals surface area contributed by atoms with Gasteiger partial charge in [-0.1, -0.05) is 61.0 Å². The molecule has 0 bridgehead atoms. The van der Waals surface area contributed by atoms with Crippen LogP contribution in [0.4, 0.5) is 0 Å². The van der Waals surface area contributed by atoms with Gasteiger partial charge in [-0.3, -0.25) is 14.5 Å². The summed E-state index contributed by atoms with van der Waals surface area (Å²) in [5, 5.41) is 3.70. The molecule has 1 atom stereocenters. The van der Waals surface area contributed by atoms with Crippen molar-refractivity contribution in [2.75, 3.05) is 39.4 Å². The van der Waals surface area contributed by atoms with Crippen molar-refractivity contribution in [1.29, 1.82) is 0 Å². The summed E-state index contributed by atoms with van der Waals surface area (Å²) in [7, 11) is 0. The van der Waals surface area contributed by atoms with E-state index in [4.69, 9.17) is 16.3 Å². The Morgan fingerprint density at radius 3 is 2.44 bits per heavy atom. The second-order valence-corrected chi connectivity index (χ2v) is 8.39. The van der Waals surface area contributed by atoms with Gasteiger partial charge in [0.05, 0.1) is 13.2 Å². The lowest BCUT2D eigenvalue weighted by molar-refractivity contribution is -0.141. The number of hydrogen-bond acceptors (Lipinski definition) is 4. The number of morpholine rings is 1. The van der Waals surface area contributed by atoms with Gasteiger partial charge >= 0.3 is 0 Å². The lowest BCUT2D eigenvalue weighted by Gasteiger charge is -2.32. The zero-order valence-corrected chi connectivity index (χ0v) is 19.4. The predicted molar refractivity (Wildman–Crippen MR) is 126 cm³/mol. The Bertz CT molecular complexity index is 854. The van der Waals surface area contributed by atoms with Crippen LogP contribution in [0.25, 0.3) is 0 Å². The summed E-state index contributed by atoms with van der Waals surface area (Å²) in [5.41, 5.74) is 1.73. The molecule has 32 heavy (non-hydrogen) atoms. The molecule has 2 amide bonds. The highest BCUT2D eigenvalue weighted by molar-refractivity contribution is 6.30. The summed E-state index contributed by atoms with van der Waals surface area (Å²) >= 11 is 6.03. The third-order valence-electron chi connectivity index (χ3n) is 5.56. The third kappa shape index (κ3) is 7.05. The van der Waals surface area contributed by atoms with Gasteiger partial charge < -0.3 is 15.0 Å². The molecule has 172 valence electrons. The van der Waals surface area contributed by atoms with Crippen LogP contribution in [-0.4, -0.2) is 61.0 Å². The molecular formula is C25H32ClN3O3. The van der Waals surface area contributed by atoms with E-state index in [2.05, 4.69) is 10.2 Å². The van der Waals surface area contributed by atoms with Crippen LogP contribution in [0, 0.1) is 0 Å². The smallest absolute Gasteiger partial charge is 0.247 e. The lowest BCUT2D eigenvalue weighted by Crippen LogP contribution is -2.46. The summed E-state index contributed by atoms with van der Waals surface area (Å²) in [6.45, 7) is 6.79. The fourth-order valence-electron chi connectivity index (χ4n) is 3.83. The largest absolute Gasteiger partial charge is 0.379 e. The van der Waals surface area contributed by atoms with Crippen molar-refractivity contribution < 1.29 is 14.3 Å². The Morgan fingerprint density at radius 1 is 1.09 bits per heavy atom. The van der Waals surface area contributed by atoms with E-state index in [9.17, 15) is 9.59 Å². The molecule has 1 aliphatic rings. The second-order valence-electron chi connectivity index (χ2n) is 7.96. The molecular weight excluding hydrogens is 426 g/mol. The molecule has 7 heteroatoms. The second kappa shape index (κ2) is 12.6. The zero-order valence-electron chi connectivity index (χ0n) is 18.6. The quantitative estimate of drug-likeness (QED) is 0.591. The maximum atomic E-state index is 13.4. The van der Waals surface area contributed by atoms with Crippen molar-refractivity contribution in [2.45, 2.75) is 32.4 Å². The molecule has 1 aliphatic heterocycles. The first-order chi connectivity index (χ1) is 15.6. The van der Waals surface area contributed by atoms with Crippen molar-refractivity contribution in [3.05, 3.63) is 70.7 Å². The van der Waals surface area contributed by atoms with Crippen molar-refractivity contribution >= 4 is 23.4 Å². The van der Waals surface area contributed by atoms with Gasteiger partial charge in [-0.05, 0) is 29.7 Å². The first-order valence-electron chi connectivity index (χ1n) is 11.2. The maximum Gasteiger partial charge on any atom is 0.247 e. The van der Waals surface area contributed by atoms with Crippen LogP contribution in [-0.2, 0) is 20.9 Å². The van der Waals surface area contributed by atoms with Crippen LogP contribution in [0.15, 0.2) is 54.6 Å². The number of nitrogens with one attached hydrogen (secondary N) is 1. The highest BCUT2D eigenvalue weighted by Crippen LogP contribution is 2.25. The Morgan fingerprint density at radius 2 is 1.78 bits per heavy atom. The standard InChI is InChI=1S/C25H32ClN3O3/c1-2-6-23(30)29(19-20-9-11-22(26)12-10-20)24(21-7-4-3-5-8-21)25(31)27-13-14-28-15-17-32-18-16-28/h3-5,7-12,24H,2,6,13-19H2,1H3,(H,27,31)/t24-/m1/s1. The molecule has 1 saturated heterocycles. The third-order valence-corrected chi connectivity index (χ3v) is 5.81. The fraction of sp³-hybridized carbons (Fsp3) is 0.440. The van der Waals surface area contributed by atoms with Gasteiger partial charge in [0.2, 0.25) is 11.8 Å². The van der Waals surface area contributed by atoms with Gasteiger partial charge in [0.25, 0.3) is 0 Å². The summed E-state index contributed by atoms with van der Waals surface area (Å²) in [6, 6.07) is 16.2. The molecule has 3 rings (SSSR count). The van der Waals surface area contributed by atoms with E-state index in [1.165, 1.54) is 0 Å². The summed E-state index contributed by atoms with van der Waals surface area (Å²) in [5.74, 6) is -0.206. The van der Waals surface area contributed by atoms with Crippen molar-refractivity contribution in [3.8, 4) is 0 Å². The highest BCUT2D eigenvalue weighted by Gasteiger charge is 2.31. The van der Waals surface area contributed by atoms with Crippen LogP contribution >= 0.6 is 11.6 Å². The Kier molecular flexibility index (Phi) is 9.53. The van der Waals surface area contributed by atoms with Gasteiger partial charge in [0, 0.05) is 44.2 Å². The van der Waals surface area contributed by atoms with E-state index in [1.54, 1.807) is 17.0 Å².